The number of carbonyl (C=O) groups is 1. The van der Waals surface area contributed by atoms with Crippen LogP contribution in [-0.2, 0) is 9.53 Å². The molecule has 0 fully saturated rings. The first kappa shape index (κ1) is 22.9. The number of ether oxygens (including phenoxy) is 1. The molecule has 0 unspecified atom stereocenters. The highest BCUT2D eigenvalue weighted by atomic mass is 79.9. The third kappa shape index (κ3) is 6.03. The molecule has 0 atom stereocenters. The van der Waals surface area contributed by atoms with E-state index in [0.29, 0.717) is 40.2 Å². The average molecular weight is 469 g/mol. The normalized spacial score (nSPS) is 10.4. The summed E-state index contributed by atoms with van der Waals surface area (Å²) in [6, 6.07) is 12.8. The predicted octanol–water partition coefficient (Wildman–Crippen LogP) is 4.91. The Morgan fingerprint density at radius 1 is 1.27 bits per heavy atom. The molecular weight excluding hydrogens is 448 g/mol. The standard InChI is InChI=1S/C21H21BrN6O2/c1-3-28(8-6-20(29)30-9-7-23)17-4-5-19(14(2)10-17)26-27-21-15(13-24)11-16(25)12-18(21)22/h4-5,10-12H,3,6,8-9,25H2,1-2H3. The maximum Gasteiger partial charge on any atom is 0.308 e. The number of nitriles is 2. The molecule has 0 radical (unpaired) electrons. The van der Waals surface area contributed by atoms with Crippen molar-refractivity contribution < 1.29 is 9.53 Å². The van der Waals surface area contributed by atoms with E-state index in [4.69, 9.17) is 15.7 Å². The molecule has 154 valence electrons. The van der Waals surface area contributed by atoms with Gasteiger partial charge in [0.1, 0.15) is 17.8 Å². The highest BCUT2D eigenvalue weighted by Gasteiger charge is 2.11. The van der Waals surface area contributed by atoms with E-state index in [-0.39, 0.29) is 13.0 Å². The van der Waals surface area contributed by atoms with Gasteiger partial charge in [0.05, 0.1) is 17.7 Å². The van der Waals surface area contributed by atoms with E-state index in [2.05, 4.69) is 32.2 Å². The molecule has 0 saturated heterocycles. The number of benzene rings is 2. The van der Waals surface area contributed by atoms with Crippen LogP contribution >= 0.6 is 15.9 Å². The summed E-state index contributed by atoms with van der Waals surface area (Å²) in [6.07, 6.45) is 0.193. The van der Waals surface area contributed by atoms with Crippen molar-refractivity contribution in [1.29, 1.82) is 10.5 Å². The van der Waals surface area contributed by atoms with Gasteiger partial charge < -0.3 is 15.4 Å². The van der Waals surface area contributed by atoms with E-state index in [1.807, 2.05) is 36.9 Å². The van der Waals surface area contributed by atoms with Crippen molar-refractivity contribution in [2.45, 2.75) is 20.3 Å². The Labute approximate surface area is 183 Å². The van der Waals surface area contributed by atoms with E-state index in [0.717, 1.165) is 11.3 Å². The quantitative estimate of drug-likeness (QED) is 0.332. The number of anilines is 2. The van der Waals surface area contributed by atoms with Crippen molar-refractivity contribution in [3.63, 3.8) is 0 Å². The molecule has 0 aromatic heterocycles. The minimum atomic E-state index is -0.403. The lowest BCUT2D eigenvalue weighted by Crippen LogP contribution is -2.26. The number of nitrogens with two attached hydrogens (primary N) is 1. The molecule has 0 saturated carbocycles. The van der Waals surface area contributed by atoms with Gasteiger partial charge in [-0.25, -0.2) is 0 Å². The Morgan fingerprint density at radius 3 is 2.67 bits per heavy atom. The van der Waals surface area contributed by atoms with Crippen LogP contribution in [0.1, 0.15) is 24.5 Å². The third-order valence-electron chi connectivity index (χ3n) is 4.27. The first-order valence-corrected chi connectivity index (χ1v) is 9.98. The first-order valence-electron chi connectivity index (χ1n) is 9.18. The van der Waals surface area contributed by atoms with Gasteiger partial charge in [0.25, 0.3) is 0 Å². The van der Waals surface area contributed by atoms with Crippen LogP contribution in [0.15, 0.2) is 45.0 Å². The lowest BCUT2D eigenvalue weighted by Gasteiger charge is -2.23. The largest absolute Gasteiger partial charge is 0.450 e. The second-order valence-corrected chi connectivity index (χ2v) is 7.18. The fourth-order valence-corrected chi connectivity index (χ4v) is 3.30. The van der Waals surface area contributed by atoms with Crippen LogP contribution in [0, 0.1) is 29.6 Å². The van der Waals surface area contributed by atoms with Gasteiger partial charge in [-0.15, -0.1) is 5.11 Å². The molecular formula is C21H21BrN6O2. The summed E-state index contributed by atoms with van der Waals surface area (Å²) < 4.78 is 5.38. The number of nitrogens with zero attached hydrogens (tertiary/aromatic N) is 5. The number of aryl methyl sites for hydroxylation is 1. The molecule has 0 bridgehead atoms. The number of nitrogen functional groups attached to an aromatic ring is 1. The SMILES string of the molecule is CCN(CCC(=O)OCC#N)c1ccc(N=Nc2c(Br)cc(N)cc2C#N)c(C)c1. The van der Waals surface area contributed by atoms with E-state index in [9.17, 15) is 10.1 Å². The van der Waals surface area contributed by atoms with E-state index >= 15 is 0 Å². The number of esters is 1. The fraction of sp³-hybridized carbons (Fsp3) is 0.286. The zero-order valence-electron chi connectivity index (χ0n) is 16.7. The molecule has 2 N–H and O–H groups in total. The molecule has 0 aliphatic carbocycles. The summed E-state index contributed by atoms with van der Waals surface area (Å²) >= 11 is 3.37. The topological polar surface area (TPSA) is 128 Å². The van der Waals surface area contributed by atoms with Crippen molar-refractivity contribution in [2.24, 2.45) is 10.2 Å². The summed E-state index contributed by atoms with van der Waals surface area (Å²) in [6.45, 7) is 4.85. The van der Waals surface area contributed by atoms with Crippen LogP contribution in [0.4, 0.5) is 22.7 Å². The third-order valence-corrected chi connectivity index (χ3v) is 4.88. The van der Waals surface area contributed by atoms with Crippen LogP contribution in [0.3, 0.4) is 0 Å². The van der Waals surface area contributed by atoms with Gasteiger partial charge in [0.2, 0.25) is 0 Å². The van der Waals surface area contributed by atoms with Crippen LogP contribution in [0.2, 0.25) is 0 Å². The molecule has 8 nitrogen and oxygen atoms in total. The second-order valence-electron chi connectivity index (χ2n) is 6.33. The molecule has 0 spiro atoms. The molecule has 0 aliphatic rings. The highest BCUT2D eigenvalue weighted by Crippen LogP contribution is 2.34. The lowest BCUT2D eigenvalue weighted by molar-refractivity contribution is -0.141. The molecule has 0 aliphatic heterocycles. The first-order chi connectivity index (χ1) is 14.4. The minimum Gasteiger partial charge on any atom is -0.450 e. The Balaban J connectivity index is 2.17. The number of halogens is 1. The van der Waals surface area contributed by atoms with Gasteiger partial charge in [0.15, 0.2) is 6.61 Å². The molecule has 30 heavy (non-hydrogen) atoms. The Bertz CT molecular complexity index is 1040. The van der Waals surface area contributed by atoms with Gasteiger partial charge in [-0.05, 0) is 65.7 Å². The van der Waals surface area contributed by atoms with Gasteiger partial charge in [-0.3, -0.25) is 4.79 Å². The van der Waals surface area contributed by atoms with Crippen LogP contribution < -0.4 is 10.6 Å². The van der Waals surface area contributed by atoms with Crippen LogP contribution in [-0.4, -0.2) is 25.7 Å². The van der Waals surface area contributed by atoms with Crippen LogP contribution in [0.5, 0.6) is 0 Å². The lowest BCUT2D eigenvalue weighted by atomic mass is 10.1. The zero-order valence-corrected chi connectivity index (χ0v) is 18.3. The Kier molecular flexibility index (Phi) is 8.33. The zero-order chi connectivity index (χ0) is 22.1. The predicted molar refractivity (Wildman–Crippen MR) is 118 cm³/mol. The van der Waals surface area contributed by atoms with E-state index < -0.39 is 5.97 Å². The maximum atomic E-state index is 11.6. The number of hydrogen-bond acceptors (Lipinski definition) is 8. The highest BCUT2D eigenvalue weighted by molar-refractivity contribution is 9.10. The average Bonchev–Trinajstić information content (AvgIpc) is 2.72. The molecule has 9 heteroatoms. The van der Waals surface area contributed by atoms with Crippen molar-refractivity contribution in [3.05, 3.63) is 45.9 Å². The summed E-state index contributed by atoms with van der Waals surface area (Å²) in [5.41, 5.74) is 9.47. The fourth-order valence-electron chi connectivity index (χ4n) is 2.74. The van der Waals surface area contributed by atoms with Crippen molar-refractivity contribution in [1.82, 2.24) is 0 Å². The van der Waals surface area contributed by atoms with Crippen molar-refractivity contribution >= 4 is 44.6 Å². The monoisotopic (exact) mass is 468 g/mol. The molecule has 2 rings (SSSR count). The second kappa shape index (κ2) is 10.9. The Morgan fingerprint density at radius 2 is 2.03 bits per heavy atom. The van der Waals surface area contributed by atoms with Gasteiger partial charge in [-0.1, -0.05) is 0 Å². The van der Waals surface area contributed by atoms with E-state index in [1.54, 1.807) is 18.2 Å². The summed E-state index contributed by atoms with van der Waals surface area (Å²) in [5.74, 6) is -0.403. The Hall–Kier alpha value is -3.43. The minimum absolute atomic E-state index is 0.193. The molecule has 2 aromatic carbocycles. The molecule has 2 aromatic rings. The van der Waals surface area contributed by atoms with Gasteiger partial charge in [-0.2, -0.15) is 15.6 Å². The maximum absolute atomic E-state index is 11.6. The number of hydrogen-bond donors (Lipinski definition) is 1. The summed E-state index contributed by atoms with van der Waals surface area (Å²) in [4.78, 5) is 13.7. The number of carbonyl (C=O) groups excluding carboxylic acids is 1. The van der Waals surface area contributed by atoms with Gasteiger partial charge in [0, 0.05) is 28.9 Å². The van der Waals surface area contributed by atoms with Gasteiger partial charge >= 0.3 is 5.97 Å². The van der Waals surface area contributed by atoms with Crippen molar-refractivity contribution in [3.8, 4) is 12.1 Å². The summed E-state index contributed by atoms with van der Waals surface area (Å²) in [5, 5.41) is 26.3. The molecule has 0 heterocycles. The summed E-state index contributed by atoms with van der Waals surface area (Å²) in [7, 11) is 0. The smallest absolute Gasteiger partial charge is 0.308 e. The van der Waals surface area contributed by atoms with Crippen LogP contribution in [0.25, 0.3) is 0 Å². The number of azo groups is 1. The van der Waals surface area contributed by atoms with Crippen molar-refractivity contribution in [2.75, 3.05) is 30.3 Å². The van der Waals surface area contributed by atoms with E-state index in [1.165, 1.54) is 0 Å². The molecule has 0 amide bonds. The number of rotatable bonds is 8.